The zero-order valence-electron chi connectivity index (χ0n) is 9.77. The summed E-state index contributed by atoms with van der Waals surface area (Å²) in [5.74, 6) is 1.07. The highest BCUT2D eigenvalue weighted by atomic mass is 15.1. The van der Waals surface area contributed by atoms with E-state index in [9.17, 15) is 0 Å². The van der Waals surface area contributed by atoms with Crippen LogP contribution in [0.25, 0.3) is 0 Å². The molecule has 1 aromatic carbocycles. The normalized spacial score (nSPS) is 10.4. The van der Waals surface area contributed by atoms with Crippen molar-refractivity contribution in [1.82, 2.24) is 9.55 Å². The van der Waals surface area contributed by atoms with Gasteiger partial charge in [0.2, 0.25) is 0 Å². The van der Waals surface area contributed by atoms with Gasteiger partial charge in [0, 0.05) is 24.6 Å². The fraction of sp³-hybridized carbons (Fsp3) is 0.308. The maximum atomic E-state index is 4.32. The fourth-order valence-electron chi connectivity index (χ4n) is 1.65. The van der Waals surface area contributed by atoms with Crippen LogP contribution >= 0.6 is 0 Å². The van der Waals surface area contributed by atoms with Crippen molar-refractivity contribution in [2.45, 2.75) is 26.9 Å². The number of nitrogens with zero attached hydrogens (tertiary/aromatic N) is 2. The van der Waals surface area contributed by atoms with Crippen LogP contribution in [0.15, 0.2) is 36.7 Å². The Morgan fingerprint density at radius 1 is 1.25 bits per heavy atom. The molecule has 3 nitrogen and oxygen atoms in total. The smallest absolute Gasteiger partial charge is 0.128 e. The average molecular weight is 215 g/mol. The van der Waals surface area contributed by atoms with E-state index >= 15 is 0 Å². The molecule has 2 aromatic rings. The van der Waals surface area contributed by atoms with Crippen LogP contribution in [0.4, 0.5) is 5.69 Å². The maximum Gasteiger partial charge on any atom is 0.128 e. The van der Waals surface area contributed by atoms with E-state index in [2.05, 4.69) is 53.0 Å². The van der Waals surface area contributed by atoms with Crippen molar-refractivity contribution < 1.29 is 0 Å². The molecule has 0 amide bonds. The Labute approximate surface area is 96.1 Å². The van der Waals surface area contributed by atoms with Gasteiger partial charge < -0.3 is 9.88 Å². The quantitative estimate of drug-likeness (QED) is 0.850. The molecule has 84 valence electrons. The molecule has 0 spiro atoms. The van der Waals surface area contributed by atoms with Gasteiger partial charge in [0.25, 0.3) is 0 Å². The summed E-state index contributed by atoms with van der Waals surface area (Å²) in [7, 11) is 0. The highest BCUT2D eigenvalue weighted by molar-refractivity contribution is 5.44. The van der Waals surface area contributed by atoms with Gasteiger partial charge in [-0.3, -0.25) is 0 Å². The molecule has 0 aliphatic carbocycles. The van der Waals surface area contributed by atoms with Crippen LogP contribution in [0.2, 0.25) is 0 Å². The first kappa shape index (κ1) is 10.7. The van der Waals surface area contributed by atoms with E-state index in [1.165, 1.54) is 5.56 Å². The average Bonchev–Trinajstić information content (AvgIpc) is 2.76. The first-order valence-corrected chi connectivity index (χ1v) is 5.60. The second kappa shape index (κ2) is 4.84. The standard InChI is InChI=1S/C13H17N3/c1-3-16-9-8-14-13(16)10-15-12-6-4-11(2)5-7-12/h4-9,15H,3,10H2,1-2H3. The van der Waals surface area contributed by atoms with Crippen LogP contribution < -0.4 is 5.32 Å². The lowest BCUT2D eigenvalue weighted by Crippen LogP contribution is -2.07. The molecule has 0 unspecified atom stereocenters. The molecular formula is C13H17N3. The van der Waals surface area contributed by atoms with Crippen molar-refractivity contribution in [3.63, 3.8) is 0 Å². The molecule has 2 rings (SSSR count). The number of rotatable bonds is 4. The Kier molecular flexibility index (Phi) is 3.25. The van der Waals surface area contributed by atoms with Crippen LogP contribution in [0.1, 0.15) is 18.3 Å². The number of hydrogen-bond acceptors (Lipinski definition) is 2. The zero-order valence-corrected chi connectivity index (χ0v) is 9.77. The number of benzene rings is 1. The topological polar surface area (TPSA) is 29.9 Å². The number of anilines is 1. The Balaban J connectivity index is 1.99. The Bertz CT molecular complexity index is 442. The lowest BCUT2D eigenvalue weighted by atomic mass is 10.2. The summed E-state index contributed by atoms with van der Waals surface area (Å²) >= 11 is 0. The molecule has 0 saturated heterocycles. The molecule has 0 aliphatic rings. The first-order valence-electron chi connectivity index (χ1n) is 5.60. The van der Waals surface area contributed by atoms with Gasteiger partial charge in [0.1, 0.15) is 5.82 Å². The van der Waals surface area contributed by atoms with Crippen LogP contribution in [-0.4, -0.2) is 9.55 Å². The lowest BCUT2D eigenvalue weighted by molar-refractivity contribution is 0.708. The molecule has 3 heteroatoms. The molecule has 1 heterocycles. The van der Waals surface area contributed by atoms with Gasteiger partial charge in [-0.15, -0.1) is 0 Å². The third kappa shape index (κ3) is 2.42. The van der Waals surface area contributed by atoms with Crippen molar-refractivity contribution in [2.24, 2.45) is 0 Å². The summed E-state index contributed by atoms with van der Waals surface area (Å²) in [5, 5.41) is 3.37. The SMILES string of the molecule is CCn1ccnc1CNc1ccc(C)cc1. The van der Waals surface area contributed by atoms with E-state index in [0.29, 0.717) is 0 Å². The summed E-state index contributed by atoms with van der Waals surface area (Å²) in [4.78, 5) is 4.32. The molecule has 1 aromatic heterocycles. The van der Waals surface area contributed by atoms with Gasteiger partial charge >= 0.3 is 0 Å². The Morgan fingerprint density at radius 3 is 2.69 bits per heavy atom. The first-order chi connectivity index (χ1) is 7.79. The van der Waals surface area contributed by atoms with Crippen molar-refractivity contribution in [3.05, 3.63) is 48.0 Å². The highest BCUT2D eigenvalue weighted by Crippen LogP contribution is 2.10. The van der Waals surface area contributed by atoms with E-state index < -0.39 is 0 Å². The van der Waals surface area contributed by atoms with Gasteiger partial charge in [-0.25, -0.2) is 4.98 Å². The summed E-state index contributed by atoms with van der Waals surface area (Å²) in [6.45, 7) is 5.94. The van der Waals surface area contributed by atoms with Crippen molar-refractivity contribution in [1.29, 1.82) is 0 Å². The predicted octanol–water partition coefficient (Wildman–Crippen LogP) is 2.82. The molecule has 0 aliphatic heterocycles. The van der Waals surface area contributed by atoms with Gasteiger partial charge in [0.05, 0.1) is 6.54 Å². The summed E-state index contributed by atoms with van der Waals surface area (Å²) in [5.41, 5.74) is 2.41. The number of imidazole rings is 1. The number of aryl methyl sites for hydroxylation is 2. The zero-order chi connectivity index (χ0) is 11.4. The van der Waals surface area contributed by atoms with Crippen LogP contribution in [0.3, 0.4) is 0 Å². The van der Waals surface area contributed by atoms with Gasteiger partial charge in [-0.05, 0) is 26.0 Å². The summed E-state index contributed by atoms with van der Waals surface area (Å²) in [6.07, 6.45) is 3.85. The minimum absolute atomic E-state index is 0.768. The van der Waals surface area contributed by atoms with Gasteiger partial charge in [-0.2, -0.15) is 0 Å². The molecule has 0 atom stereocenters. The van der Waals surface area contributed by atoms with E-state index in [4.69, 9.17) is 0 Å². The molecular weight excluding hydrogens is 198 g/mol. The van der Waals surface area contributed by atoms with Gasteiger partial charge in [-0.1, -0.05) is 17.7 Å². The Morgan fingerprint density at radius 2 is 2.00 bits per heavy atom. The number of aromatic nitrogens is 2. The van der Waals surface area contributed by atoms with E-state index in [-0.39, 0.29) is 0 Å². The van der Waals surface area contributed by atoms with E-state index in [1.54, 1.807) is 0 Å². The largest absolute Gasteiger partial charge is 0.378 e. The van der Waals surface area contributed by atoms with Crippen LogP contribution in [0, 0.1) is 6.92 Å². The molecule has 0 saturated carbocycles. The monoisotopic (exact) mass is 215 g/mol. The van der Waals surface area contributed by atoms with Crippen LogP contribution in [0.5, 0.6) is 0 Å². The lowest BCUT2D eigenvalue weighted by Gasteiger charge is -2.08. The summed E-state index contributed by atoms with van der Waals surface area (Å²) in [6, 6.07) is 8.40. The third-order valence-electron chi connectivity index (χ3n) is 2.64. The fourth-order valence-corrected chi connectivity index (χ4v) is 1.65. The van der Waals surface area contributed by atoms with Crippen LogP contribution in [-0.2, 0) is 13.1 Å². The van der Waals surface area contributed by atoms with E-state index in [0.717, 1.165) is 24.6 Å². The number of nitrogens with one attached hydrogen (secondary N) is 1. The molecule has 0 bridgehead atoms. The summed E-state index contributed by atoms with van der Waals surface area (Å²) < 4.78 is 2.14. The van der Waals surface area contributed by atoms with Crippen molar-refractivity contribution in [2.75, 3.05) is 5.32 Å². The second-order valence-corrected chi connectivity index (χ2v) is 3.85. The van der Waals surface area contributed by atoms with E-state index in [1.807, 2.05) is 12.4 Å². The minimum Gasteiger partial charge on any atom is -0.378 e. The molecule has 0 radical (unpaired) electrons. The second-order valence-electron chi connectivity index (χ2n) is 3.85. The van der Waals surface area contributed by atoms with Gasteiger partial charge in [0.15, 0.2) is 0 Å². The Hall–Kier alpha value is -1.77. The predicted molar refractivity (Wildman–Crippen MR) is 66.4 cm³/mol. The molecule has 16 heavy (non-hydrogen) atoms. The molecule has 0 fully saturated rings. The maximum absolute atomic E-state index is 4.32. The third-order valence-corrected chi connectivity index (χ3v) is 2.64. The van der Waals surface area contributed by atoms with Crippen molar-refractivity contribution in [3.8, 4) is 0 Å². The number of hydrogen-bond donors (Lipinski definition) is 1. The highest BCUT2D eigenvalue weighted by Gasteiger charge is 2.00. The minimum atomic E-state index is 0.768. The van der Waals surface area contributed by atoms with Crippen molar-refractivity contribution >= 4 is 5.69 Å². The molecule has 1 N–H and O–H groups in total.